The first-order valence-electron chi connectivity index (χ1n) is 4.65. The second-order valence-corrected chi connectivity index (χ2v) is 4.36. The number of ether oxygens (including phenoxy) is 1. The summed E-state index contributed by atoms with van der Waals surface area (Å²) in [6, 6.07) is 0. The van der Waals surface area contributed by atoms with Gasteiger partial charge in [-0.15, -0.1) is 0 Å². The van der Waals surface area contributed by atoms with E-state index in [4.69, 9.17) is 4.74 Å². The molecule has 0 aromatic heterocycles. The lowest BCUT2D eigenvalue weighted by atomic mass is 9.75. The van der Waals surface area contributed by atoms with Gasteiger partial charge in [0.15, 0.2) is 0 Å². The molecule has 3 rings (SSSR count). The Morgan fingerprint density at radius 3 is 2.91 bits per heavy atom. The van der Waals surface area contributed by atoms with Gasteiger partial charge >= 0.3 is 0 Å². The van der Waals surface area contributed by atoms with E-state index in [0.717, 1.165) is 25.0 Å². The van der Waals surface area contributed by atoms with Crippen molar-refractivity contribution in [2.24, 2.45) is 17.3 Å². The molecule has 0 radical (unpaired) electrons. The van der Waals surface area contributed by atoms with E-state index in [-0.39, 0.29) is 0 Å². The molecule has 2 aliphatic carbocycles. The van der Waals surface area contributed by atoms with Crippen LogP contribution in [-0.2, 0) is 4.74 Å². The van der Waals surface area contributed by atoms with Crippen LogP contribution < -0.4 is 0 Å². The van der Waals surface area contributed by atoms with E-state index in [1.165, 1.54) is 19.3 Å². The van der Waals surface area contributed by atoms with Gasteiger partial charge in [0.1, 0.15) is 0 Å². The molecule has 1 spiro atoms. The van der Waals surface area contributed by atoms with Crippen LogP contribution in [0.15, 0.2) is 12.2 Å². The highest BCUT2D eigenvalue weighted by atomic mass is 16.5. The Kier molecular flexibility index (Phi) is 1.07. The van der Waals surface area contributed by atoms with E-state index in [9.17, 15) is 0 Å². The molecular formula is C10H14O. The minimum absolute atomic E-state index is 0.597. The highest BCUT2D eigenvalue weighted by molar-refractivity contribution is 5.16. The van der Waals surface area contributed by atoms with E-state index >= 15 is 0 Å². The highest BCUT2D eigenvalue weighted by Crippen LogP contribution is 2.55. The van der Waals surface area contributed by atoms with Gasteiger partial charge < -0.3 is 4.74 Å². The van der Waals surface area contributed by atoms with Crippen LogP contribution >= 0.6 is 0 Å². The third-order valence-electron chi connectivity index (χ3n) is 3.76. The normalized spacial score (nSPS) is 53.1. The smallest absolute Gasteiger partial charge is 0.0529 e. The third-order valence-corrected chi connectivity index (χ3v) is 3.76. The molecule has 1 aliphatic heterocycles. The second kappa shape index (κ2) is 1.89. The van der Waals surface area contributed by atoms with Gasteiger partial charge in [-0.1, -0.05) is 12.2 Å². The average Bonchev–Trinajstić information content (AvgIpc) is 2.64. The number of rotatable bonds is 0. The molecular weight excluding hydrogens is 136 g/mol. The molecule has 0 amide bonds. The van der Waals surface area contributed by atoms with E-state index in [0.29, 0.717) is 5.41 Å². The Bertz CT molecular complexity index is 201. The molecule has 0 aromatic carbocycles. The van der Waals surface area contributed by atoms with Crippen molar-refractivity contribution in [3.63, 3.8) is 0 Å². The summed E-state index contributed by atoms with van der Waals surface area (Å²) < 4.78 is 5.50. The van der Waals surface area contributed by atoms with Crippen molar-refractivity contribution in [3.8, 4) is 0 Å². The molecule has 1 heterocycles. The first-order chi connectivity index (χ1) is 5.39. The number of hydrogen-bond donors (Lipinski definition) is 0. The van der Waals surface area contributed by atoms with Crippen LogP contribution in [0.3, 0.4) is 0 Å². The summed E-state index contributed by atoms with van der Waals surface area (Å²) in [7, 11) is 0. The molecule has 1 saturated heterocycles. The van der Waals surface area contributed by atoms with Gasteiger partial charge in [0.25, 0.3) is 0 Å². The average molecular weight is 150 g/mol. The standard InChI is InChI=1S/C10H14O/c1-2-9-5-8(1)6-10(9)3-4-11-7-10/h1-2,8-9H,3-7H2/t8-,9?,10?/m0/s1. The minimum atomic E-state index is 0.597. The fourth-order valence-corrected chi connectivity index (χ4v) is 3.13. The van der Waals surface area contributed by atoms with Crippen LogP contribution in [0.2, 0.25) is 0 Å². The molecule has 1 nitrogen and oxygen atoms in total. The van der Waals surface area contributed by atoms with E-state index in [1.807, 2.05) is 0 Å². The molecule has 0 N–H and O–H groups in total. The van der Waals surface area contributed by atoms with Gasteiger partial charge in [-0.2, -0.15) is 0 Å². The number of allylic oxidation sites excluding steroid dienone is 2. The van der Waals surface area contributed by atoms with Crippen molar-refractivity contribution in [1.29, 1.82) is 0 Å². The molecule has 0 aromatic rings. The van der Waals surface area contributed by atoms with Crippen molar-refractivity contribution < 1.29 is 4.74 Å². The van der Waals surface area contributed by atoms with Gasteiger partial charge in [-0.05, 0) is 31.1 Å². The van der Waals surface area contributed by atoms with Gasteiger partial charge in [-0.3, -0.25) is 0 Å². The molecule has 11 heavy (non-hydrogen) atoms. The van der Waals surface area contributed by atoms with E-state index in [1.54, 1.807) is 0 Å². The molecule has 3 atom stereocenters. The van der Waals surface area contributed by atoms with Crippen molar-refractivity contribution in [3.05, 3.63) is 12.2 Å². The summed E-state index contributed by atoms with van der Waals surface area (Å²) in [6.07, 6.45) is 8.99. The summed E-state index contributed by atoms with van der Waals surface area (Å²) >= 11 is 0. The van der Waals surface area contributed by atoms with Crippen molar-refractivity contribution in [1.82, 2.24) is 0 Å². The predicted octanol–water partition coefficient (Wildman–Crippen LogP) is 1.99. The number of hydrogen-bond acceptors (Lipinski definition) is 1. The van der Waals surface area contributed by atoms with Crippen LogP contribution in [0.5, 0.6) is 0 Å². The largest absolute Gasteiger partial charge is 0.381 e. The SMILES string of the molecule is C1=C[C@H]2CC1C1(CCOC1)C2. The highest BCUT2D eigenvalue weighted by Gasteiger charge is 2.50. The molecule has 1 saturated carbocycles. The second-order valence-electron chi connectivity index (χ2n) is 4.36. The van der Waals surface area contributed by atoms with E-state index in [2.05, 4.69) is 12.2 Å². The lowest BCUT2D eigenvalue weighted by molar-refractivity contribution is 0.135. The van der Waals surface area contributed by atoms with Crippen molar-refractivity contribution >= 4 is 0 Å². The first-order valence-corrected chi connectivity index (χ1v) is 4.65. The van der Waals surface area contributed by atoms with Crippen molar-refractivity contribution in [2.45, 2.75) is 19.3 Å². The minimum Gasteiger partial charge on any atom is -0.381 e. The zero-order chi connectivity index (χ0) is 7.31. The lowest BCUT2D eigenvalue weighted by Crippen LogP contribution is -2.25. The summed E-state index contributed by atoms with van der Waals surface area (Å²) in [6.45, 7) is 2.05. The summed E-state index contributed by atoms with van der Waals surface area (Å²) in [5.41, 5.74) is 0.597. The maximum Gasteiger partial charge on any atom is 0.0529 e. The Balaban J connectivity index is 1.94. The Labute approximate surface area is 67.4 Å². The maximum atomic E-state index is 5.50. The third kappa shape index (κ3) is 0.698. The lowest BCUT2D eigenvalue weighted by Gasteiger charge is -2.28. The zero-order valence-electron chi connectivity index (χ0n) is 6.75. The Hall–Kier alpha value is -0.300. The molecule has 2 fully saturated rings. The predicted molar refractivity (Wildman–Crippen MR) is 43.2 cm³/mol. The van der Waals surface area contributed by atoms with Gasteiger partial charge in [0.2, 0.25) is 0 Å². The van der Waals surface area contributed by atoms with Gasteiger partial charge in [0, 0.05) is 12.0 Å². The van der Waals surface area contributed by atoms with Crippen LogP contribution in [0, 0.1) is 17.3 Å². The van der Waals surface area contributed by atoms with Crippen LogP contribution in [0.4, 0.5) is 0 Å². The molecule has 60 valence electrons. The summed E-state index contributed by atoms with van der Waals surface area (Å²) in [5, 5.41) is 0. The Morgan fingerprint density at radius 2 is 2.36 bits per heavy atom. The summed E-state index contributed by atoms with van der Waals surface area (Å²) in [4.78, 5) is 0. The topological polar surface area (TPSA) is 9.23 Å². The van der Waals surface area contributed by atoms with Crippen LogP contribution in [-0.4, -0.2) is 13.2 Å². The maximum absolute atomic E-state index is 5.50. The summed E-state index contributed by atoms with van der Waals surface area (Å²) in [5.74, 6) is 1.77. The fraction of sp³-hybridized carbons (Fsp3) is 0.800. The first kappa shape index (κ1) is 6.24. The fourth-order valence-electron chi connectivity index (χ4n) is 3.13. The van der Waals surface area contributed by atoms with Crippen LogP contribution in [0.25, 0.3) is 0 Å². The molecule has 2 bridgehead atoms. The van der Waals surface area contributed by atoms with E-state index < -0.39 is 0 Å². The quantitative estimate of drug-likeness (QED) is 0.480. The van der Waals surface area contributed by atoms with Crippen molar-refractivity contribution in [2.75, 3.05) is 13.2 Å². The van der Waals surface area contributed by atoms with Gasteiger partial charge in [-0.25, -0.2) is 0 Å². The van der Waals surface area contributed by atoms with Crippen LogP contribution in [0.1, 0.15) is 19.3 Å². The Morgan fingerprint density at radius 1 is 1.36 bits per heavy atom. The molecule has 3 aliphatic rings. The van der Waals surface area contributed by atoms with Gasteiger partial charge in [0.05, 0.1) is 6.61 Å². The zero-order valence-corrected chi connectivity index (χ0v) is 6.75. The monoisotopic (exact) mass is 150 g/mol. The molecule has 1 heteroatoms. The molecule has 2 unspecified atom stereocenters. The number of fused-ring (bicyclic) bond motifs is 3.